The van der Waals surface area contributed by atoms with Crippen molar-refractivity contribution in [2.24, 2.45) is 0 Å². The van der Waals surface area contributed by atoms with E-state index in [4.69, 9.17) is 33.2 Å². The number of esters is 1. The van der Waals surface area contributed by atoms with Gasteiger partial charge in [-0.2, -0.15) is 0 Å². The first-order valence-corrected chi connectivity index (χ1v) is 16.1. The lowest BCUT2D eigenvalue weighted by Gasteiger charge is -2.40. The predicted octanol–water partition coefficient (Wildman–Crippen LogP) is -2.90. The zero-order valence-corrected chi connectivity index (χ0v) is 28.0. The summed E-state index contributed by atoms with van der Waals surface area (Å²) in [6.45, 7) is -0.438. The second-order valence-electron chi connectivity index (χ2n) is 13.0. The molecule has 2 aliphatic heterocycles. The van der Waals surface area contributed by atoms with Crippen LogP contribution in [0.3, 0.4) is 0 Å². The van der Waals surface area contributed by atoms with Gasteiger partial charge in [0.05, 0.1) is 25.0 Å². The largest absolute Gasteiger partial charge is 0.507 e. The molecule has 2 saturated heterocycles. The molecule has 3 heterocycles. The molecule has 2 fully saturated rings. The second-order valence-corrected chi connectivity index (χ2v) is 13.0. The maximum atomic E-state index is 13.1. The minimum atomic E-state index is -2.00. The molecule has 21 heteroatoms. The van der Waals surface area contributed by atoms with Crippen LogP contribution in [0.15, 0.2) is 39.5 Å². The number of ether oxygens (including phenoxy) is 5. The van der Waals surface area contributed by atoms with E-state index in [-0.39, 0.29) is 28.0 Å². The summed E-state index contributed by atoms with van der Waals surface area (Å²) in [6, 6.07) is 4.92. The Morgan fingerprint density at radius 2 is 1.39 bits per heavy atom. The number of hydrogen-bond donors (Lipinski definition) is 12. The first kappa shape index (κ1) is 40.4. The smallest absolute Gasteiger partial charge is 0.308 e. The highest BCUT2D eigenvalue weighted by molar-refractivity contribution is 5.86. The minimum absolute atomic E-state index is 0.149. The highest BCUT2D eigenvalue weighted by atomic mass is 16.7. The predicted molar refractivity (Wildman–Crippen MR) is 173 cm³/mol. The summed E-state index contributed by atoms with van der Waals surface area (Å²) < 4.78 is 32.6. The monoisotopic (exact) mass is 770 g/mol. The van der Waals surface area contributed by atoms with Crippen LogP contribution in [-0.4, -0.2) is 153 Å². The van der Waals surface area contributed by atoms with Gasteiger partial charge in [-0.15, -0.1) is 0 Å². The molecular weight excluding hydrogens is 732 g/mol. The Morgan fingerprint density at radius 1 is 0.778 bits per heavy atom. The molecule has 2 aromatic carbocycles. The molecule has 12 N–H and O–H groups in total. The van der Waals surface area contributed by atoms with Gasteiger partial charge in [0.2, 0.25) is 18.3 Å². The van der Waals surface area contributed by atoms with Crippen LogP contribution in [0.4, 0.5) is 0 Å². The van der Waals surface area contributed by atoms with Gasteiger partial charge in [0.25, 0.3) is 0 Å². The average Bonchev–Trinajstić information content (AvgIpc) is 3.08. The van der Waals surface area contributed by atoms with E-state index in [9.17, 15) is 70.6 Å². The third-order valence-corrected chi connectivity index (χ3v) is 8.60. The minimum Gasteiger partial charge on any atom is -0.507 e. The molecule has 0 spiro atoms. The Morgan fingerprint density at radius 3 is 2.02 bits per heavy atom. The van der Waals surface area contributed by atoms with E-state index in [0.29, 0.717) is 0 Å². The molecule has 3 aromatic rings. The molecule has 5 rings (SSSR count). The molecule has 0 bridgehead atoms. The van der Waals surface area contributed by atoms with Crippen LogP contribution in [-0.2, 0) is 23.8 Å². The number of hydrogen-bond acceptors (Lipinski definition) is 20. The van der Waals surface area contributed by atoms with Crippen molar-refractivity contribution in [3.63, 3.8) is 0 Å². The van der Waals surface area contributed by atoms with Gasteiger partial charge in [-0.1, -0.05) is 0 Å². The van der Waals surface area contributed by atoms with E-state index in [1.54, 1.807) is 0 Å². The lowest BCUT2D eigenvalue weighted by molar-refractivity contribution is -0.278. The fourth-order valence-electron chi connectivity index (χ4n) is 5.78. The fourth-order valence-corrected chi connectivity index (χ4v) is 5.78. The zero-order valence-electron chi connectivity index (χ0n) is 28.0. The molecule has 0 aliphatic carbocycles. The van der Waals surface area contributed by atoms with E-state index in [0.717, 1.165) is 37.3 Å². The summed E-state index contributed by atoms with van der Waals surface area (Å²) in [5, 5.41) is 122. The van der Waals surface area contributed by atoms with Crippen LogP contribution in [0.2, 0.25) is 0 Å². The van der Waals surface area contributed by atoms with Crippen molar-refractivity contribution in [3.8, 4) is 40.1 Å². The van der Waals surface area contributed by atoms with Gasteiger partial charge in [-0.05, 0) is 19.1 Å². The van der Waals surface area contributed by atoms with Crippen molar-refractivity contribution in [2.75, 3.05) is 13.2 Å². The number of aliphatic hydroxyl groups is 8. The van der Waals surface area contributed by atoms with Gasteiger partial charge >= 0.3 is 11.9 Å². The fraction of sp³-hybridized carbons (Fsp3) is 0.485. The molecule has 1 aromatic heterocycles. The van der Waals surface area contributed by atoms with Crippen molar-refractivity contribution in [1.82, 2.24) is 0 Å². The number of fused-ring (bicyclic) bond motifs is 1. The molecule has 0 radical (unpaired) electrons. The average molecular weight is 771 g/mol. The summed E-state index contributed by atoms with van der Waals surface area (Å²) in [6.07, 6.45) is -19.1. The first-order chi connectivity index (χ1) is 25.3. The lowest BCUT2D eigenvalue weighted by atomic mass is 9.98. The Labute approximate surface area is 302 Å². The van der Waals surface area contributed by atoms with Gasteiger partial charge < -0.3 is 89.4 Å². The highest BCUT2D eigenvalue weighted by Crippen LogP contribution is 2.42. The third-order valence-electron chi connectivity index (χ3n) is 8.60. The van der Waals surface area contributed by atoms with Crippen LogP contribution in [0, 0.1) is 0 Å². The Balaban J connectivity index is 1.38. The molecule has 296 valence electrons. The van der Waals surface area contributed by atoms with Crippen LogP contribution in [0.1, 0.15) is 19.8 Å². The van der Waals surface area contributed by atoms with E-state index < -0.39 is 133 Å². The standard InChI is InChI=1S/C33H38O21/c1-33(48,7-21(38)39)8-22(40)49-10-20-26(43)28(45)30(47)32(54-20)52-18-3-11(2-15(37)24(18)41)16-6-14(36)23-13(35)4-12(5-17(23)51-16)50-31-29(46)27(44)25(42)19(9-34)53-31/h2-6,19-20,25-32,34-35,37,41-48H,7-10H2,1H3,(H,38,39)/t19-,20+,25-,26-,27+,28+,29-,30-,31-,32-,33+/m1/s1. The summed E-state index contributed by atoms with van der Waals surface area (Å²) in [5.74, 6) is -6.09. The number of rotatable bonds is 12. The number of phenolic OH excluding ortho intramolecular Hbond substituents is 3. The summed E-state index contributed by atoms with van der Waals surface area (Å²) in [7, 11) is 0. The first-order valence-electron chi connectivity index (χ1n) is 16.1. The number of carboxylic acid groups (broad SMARTS) is 1. The van der Waals surface area contributed by atoms with Crippen LogP contribution >= 0.6 is 0 Å². The van der Waals surface area contributed by atoms with E-state index in [1.165, 1.54) is 0 Å². The molecule has 0 saturated carbocycles. The third kappa shape index (κ3) is 8.60. The number of aliphatic carboxylic acids is 1. The van der Waals surface area contributed by atoms with Crippen molar-refractivity contribution >= 4 is 22.9 Å². The second kappa shape index (κ2) is 15.9. The van der Waals surface area contributed by atoms with E-state index in [2.05, 4.69) is 0 Å². The highest BCUT2D eigenvalue weighted by Gasteiger charge is 2.47. The number of aromatic hydroxyl groups is 3. The Kier molecular flexibility index (Phi) is 11.9. The molecule has 21 nitrogen and oxygen atoms in total. The number of benzene rings is 2. The van der Waals surface area contributed by atoms with Crippen molar-refractivity contribution in [1.29, 1.82) is 0 Å². The molecule has 0 amide bonds. The van der Waals surface area contributed by atoms with Crippen LogP contribution in [0.5, 0.6) is 28.7 Å². The van der Waals surface area contributed by atoms with Crippen molar-refractivity contribution < 1.29 is 99.0 Å². The van der Waals surface area contributed by atoms with Gasteiger partial charge in [0.1, 0.15) is 83.7 Å². The van der Waals surface area contributed by atoms with Crippen molar-refractivity contribution in [2.45, 2.75) is 86.8 Å². The number of phenols is 3. The van der Waals surface area contributed by atoms with Gasteiger partial charge in [-0.25, -0.2) is 0 Å². The Hall–Kier alpha value is -4.81. The van der Waals surface area contributed by atoms with Crippen LogP contribution in [0.25, 0.3) is 22.3 Å². The SMILES string of the molecule is C[C@](O)(CC(=O)O)CC(=O)OC[C@@H]1O[C@@H](Oc2cc(-c3cc(=O)c4c(O)cc(O[C@@H]5O[C@H](CO)[C@@H](O)[C@H](O)[C@H]5O)cc4o3)cc(O)c2O)[C@H](O)[C@@H](O)[C@@H]1O. The lowest BCUT2D eigenvalue weighted by Crippen LogP contribution is -2.60. The topological polar surface area (TPSA) is 353 Å². The quantitative estimate of drug-likeness (QED) is 0.0649. The Bertz CT molecular complexity index is 1910. The number of carbonyl (C=O) groups is 2. The molecule has 0 unspecified atom stereocenters. The van der Waals surface area contributed by atoms with Crippen molar-refractivity contribution in [3.05, 3.63) is 40.6 Å². The van der Waals surface area contributed by atoms with E-state index in [1.807, 2.05) is 0 Å². The zero-order chi connectivity index (χ0) is 39.8. The maximum absolute atomic E-state index is 13.1. The van der Waals surface area contributed by atoms with Gasteiger partial charge in [0, 0.05) is 23.8 Å². The molecular formula is C33H38O21. The van der Waals surface area contributed by atoms with Gasteiger partial charge in [-0.3, -0.25) is 14.4 Å². The molecule has 2 aliphatic rings. The summed E-state index contributed by atoms with van der Waals surface area (Å²) in [5.41, 5.74) is -3.26. The van der Waals surface area contributed by atoms with Crippen LogP contribution < -0.4 is 14.9 Å². The molecule has 11 atom stereocenters. The van der Waals surface area contributed by atoms with Gasteiger partial charge in [0.15, 0.2) is 16.9 Å². The maximum Gasteiger partial charge on any atom is 0.308 e. The number of carbonyl (C=O) groups excluding carboxylic acids is 1. The normalized spacial score (nSPS) is 29.6. The number of carboxylic acids is 1. The van der Waals surface area contributed by atoms with E-state index >= 15 is 0 Å². The molecule has 54 heavy (non-hydrogen) atoms. The number of aliphatic hydroxyl groups excluding tert-OH is 7. The summed E-state index contributed by atoms with van der Waals surface area (Å²) >= 11 is 0. The summed E-state index contributed by atoms with van der Waals surface area (Å²) in [4.78, 5) is 36.3.